The molecule has 4 unspecified atom stereocenters. The van der Waals surface area contributed by atoms with E-state index in [1.807, 2.05) is 103 Å². The van der Waals surface area contributed by atoms with Gasteiger partial charge in [-0.15, -0.1) is 0 Å². The molecule has 2 heterocycles. The Bertz CT molecular complexity index is 1460. The predicted octanol–water partition coefficient (Wildman–Crippen LogP) is 6.44. The van der Waals surface area contributed by atoms with Gasteiger partial charge >= 0.3 is 0 Å². The molecule has 6 rings (SSSR count). The van der Waals surface area contributed by atoms with Gasteiger partial charge in [-0.05, 0) is 52.9 Å². The number of ether oxygens (including phenoxy) is 5. The van der Waals surface area contributed by atoms with Crippen molar-refractivity contribution in [3.8, 4) is 5.75 Å². The van der Waals surface area contributed by atoms with Gasteiger partial charge in [0.1, 0.15) is 17.5 Å². The van der Waals surface area contributed by atoms with E-state index in [9.17, 15) is 5.11 Å². The molecule has 0 aromatic heterocycles. The largest absolute Gasteiger partial charge is 0.497 e. The molecule has 4 aromatic rings. The van der Waals surface area contributed by atoms with Crippen LogP contribution in [0.3, 0.4) is 0 Å². The molecule has 2 saturated heterocycles. The number of hydrogen-bond acceptors (Lipinski definition) is 6. The summed E-state index contributed by atoms with van der Waals surface area (Å²) in [6.45, 7) is 0.773. The minimum absolute atomic E-state index is 0.197. The molecule has 218 valence electrons. The van der Waals surface area contributed by atoms with Crippen molar-refractivity contribution in [2.24, 2.45) is 0 Å². The van der Waals surface area contributed by atoms with Crippen molar-refractivity contribution in [1.82, 2.24) is 0 Å². The van der Waals surface area contributed by atoms with Crippen molar-refractivity contribution in [2.45, 2.75) is 49.7 Å². The fourth-order valence-corrected chi connectivity index (χ4v) is 6.00. The first-order valence-electron chi connectivity index (χ1n) is 14.2. The Morgan fingerprint density at radius 2 is 1.50 bits per heavy atom. The van der Waals surface area contributed by atoms with Crippen LogP contribution in [0.15, 0.2) is 103 Å². The summed E-state index contributed by atoms with van der Waals surface area (Å²) in [4.78, 5) is 0. The zero-order valence-electron chi connectivity index (χ0n) is 23.6. The average molecular weight is 587 g/mol. The molecular weight excluding hydrogens is 552 g/mol. The molecule has 2 fully saturated rings. The van der Waals surface area contributed by atoms with Crippen molar-refractivity contribution in [2.75, 3.05) is 20.3 Å². The molecule has 42 heavy (non-hydrogen) atoms. The normalized spacial score (nSPS) is 24.9. The second-order valence-corrected chi connectivity index (χ2v) is 11.4. The van der Waals surface area contributed by atoms with Gasteiger partial charge in [0.15, 0.2) is 0 Å². The van der Waals surface area contributed by atoms with Crippen LogP contribution < -0.4 is 4.74 Å². The molecule has 1 N–H and O–H groups in total. The number of aliphatic hydroxyl groups is 1. The zero-order chi connectivity index (χ0) is 29.0. The Kier molecular flexibility index (Phi) is 8.63. The van der Waals surface area contributed by atoms with Gasteiger partial charge in [-0.1, -0.05) is 90.5 Å². The number of fused-ring (bicyclic) bond motifs is 2. The molecule has 2 aliphatic rings. The monoisotopic (exact) mass is 586 g/mol. The third-order valence-corrected chi connectivity index (χ3v) is 8.44. The van der Waals surface area contributed by atoms with Gasteiger partial charge in [0.2, 0.25) is 5.79 Å². The Hall–Kier alpha value is -3.23. The Morgan fingerprint density at radius 3 is 2.14 bits per heavy atom. The van der Waals surface area contributed by atoms with Gasteiger partial charge in [0.05, 0.1) is 39.6 Å². The summed E-state index contributed by atoms with van der Waals surface area (Å²) < 4.78 is 31.8. The molecule has 4 atom stereocenters. The highest BCUT2D eigenvalue weighted by Gasteiger charge is 2.64. The fraction of sp³-hybridized carbons (Fsp3) is 0.314. The highest BCUT2D eigenvalue weighted by atomic mass is 35.5. The highest BCUT2D eigenvalue weighted by Crippen LogP contribution is 2.52. The Balaban J connectivity index is 1.36. The molecule has 0 saturated carbocycles. The molecule has 2 bridgehead atoms. The van der Waals surface area contributed by atoms with Gasteiger partial charge in [-0.3, -0.25) is 0 Å². The summed E-state index contributed by atoms with van der Waals surface area (Å²) in [6, 6.07) is 33.8. The molecule has 7 heteroatoms. The van der Waals surface area contributed by atoms with Crippen LogP contribution in [0, 0.1) is 0 Å². The van der Waals surface area contributed by atoms with E-state index in [0.717, 1.165) is 33.6 Å². The van der Waals surface area contributed by atoms with Gasteiger partial charge in [0.25, 0.3) is 0 Å². The first kappa shape index (κ1) is 28.9. The van der Waals surface area contributed by atoms with Crippen LogP contribution in [0.1, 0.15) is 34.2 Å². The third-order valence-electron chi connectivity index (χ3n) is 8.07. The van der Waals surface area contributed by atoms with E-state index in [4.69, 9.17) is 35.3 Å². The quantitative estimate of drug-likeness (QED) is 0.218. The summed E-state index contributed by atoms with van der Waals surface area (Å²) in [5.41, 5.74) is 3.97. The fourth-order valence-electron chi connectivity index (χ4n) is 5.82. The maximum atomic E-state index is 10.5. The van der Waals surface area contributed by atoms with Crippen molar-refractivity contribution in [3.63, 3.8) is 0 Å². The number of benzene rings is 4. The molecule has 0 spiro atoms. The number of rotatable bonds is 11. The maximum absolute atomic E-state index is 10.5. The standard InChI is InChI=1S/C35H35ClO6/c1-38-30-15-12-25(13-16-30)18-28-19-29(14-17-31(28)36)35-33(40-22-27-10-6-3-7-11-27)32(20-34(23-37,42-35)24-41-35)39-21-26-8-4-2-5-9-26/h2-17,19,32-33,37H,18,20-24H2,1H3. The predicted molar refractivity (Wildman–Crippen MR) is 160 cm³/mol. The van der Waals surface area contributed by atoms with Crippen LogP contribution in [-0.2, 0) is 44.4 Å². The van der Waals surface area contributed by atoms with E-state index in [1.54, 1.807) is 7.11 Å². The summed E-state index contributed by atoms with van der Waals surface area (Å²) in [5.74, 6) is -0.496. The van der Waals surface area contributed by atoms with Gasteiger partial charge in [0, 0.05) is 17.0 Å². The minimum Gasteiger partial charge on any atom is -0.497 e. The third kappa shape index (κ3) is 5.97. The zero-order valence-corrected chi connectivity index (χ0v) is 24.3. The molecule has 0 amide bonds. The second kappa shape index (κ2) is 12.6. The van der Waals surface area contributed by atoms with Crippen molar-refractivity contribution < 1.29 is 28.8 Å². The van der Waals surface area contributed by atoms with Crippen LogP contribution in [0.25, 0.3) is 0 Å². The topological polar surface area (TPSA) is 66.4 Å². The lowest BCUT2D eigenvalue weighted by Gasteiger charge is -2.46. The Labute approximate surface area is 251 Å². The molecule has 4 aromatic carbocycles. The highest BCUT2D eigenvalue weighted by molar-refractivity contribution is 6.31. The van der Waals surface area contributed by atoms with Crippen LogP contribution >= 0.6 is 11.6 Å². The van der Waals surface area contributed by atoms with E-state index < -0.39 is 23.6 Å². The van der Waals surface area contributed by atoms with Crippen LogP contribution in [0.2, 0.25) is 5.02 Å². The summed E-state index contributed by atoms with van der Waals surface area (Å²) in [6.07, 6.45) is 0.0298. The van der Waals surface area contributed by atoms with Crippen molar-refractivity contribution in [1.29, 1.82) is 0 Å². The Morgan fingerprint density at radius 1 is 0.833 bits per heavy atom. The molecule has 2 aliphatic heterocycles. The van der Waals surface area contributed by atoms with Gasteiger partial charge < -0.3 is 28.8 Å². The van der Waals surface area contributed by atoms with Gasteiger partial charge in [-0.2, -0.15) is 0 Å². The summed E-state index contributed by atoms with van der Waals surface area (Å²) in [7, 11) is 1.65. The van der Waals surface area contributed by atoms with Crippen LogP contribution in [0.5, 0.6) is 5.75 Å². The van der Waals surface area contributed by atoms with Gasteiger partial charge in [-0.25, -0.2) is 0 Å². The lowest BCUT2D eigenvalue weighted by molar-refractivity contribution is -0.321. The van der Waals surface area contributed by atoms with E-state index in [2.05, 4.69) is 0 Å². The number of aliphatic hydroxyl groups excluding tert-OH is 1. The minimum atomic E-state index is -1.30. The lowest BCUT2D eigenvalue weighted by Crippen LogP contribution is -2.58. The summed E-state index contributed by atoms with van der Waals surface area (Å²) >= 11 is 6.72. The van der Waals surface area contributed by atoms with Crippen LogP contribution in [-0.4, -0.2) is 43.2 Å². The molecular formula is C35H35ClO6. The van der Waals surface area contributed by atoms with E-state index in [-0.39, 0.29) is 13.2 Å². The molecule has 0 radical (unpaired) electrons. The summed E-state index contributed by atoms with van der Waals surface area (Å²) in [5, 5.41) is 11.2. The molecule has 0 aliphatic carbocycles. The first-order chi connectivity index (χ1) is 20.5. The van der Waals surface area contributed by atoms with E-state index >= 15 is 0 Å². The smallest absolute Gasteiger partial charge is 0.225 e. The second-order valence-electron chi connectivity index (χ2n) is 11.0. The average Bonchev–Trinajstić information content (AvgIpc) is 3.37. The maximum Gasteiger partial charge on any atom is 0.225 e. The van der Waals surface area contributed by atoms with Crippen LogP contribution in [0.4, 0.5) is 0 Å². The number of halogens is 1. The number of methoxy groups -OCH3 is 1. The lowest BCUT2D eigenvalue weighted by atomic mass is 9.85. The first-order valence-corrected chi connectivity index (χ1v) is 14.6. The number of hydrogen-bond donors (Lipinski definition) is 1. The van der Waals surface area contributed by atoms with E-state index in [1.165, 1.54) is 0 Å². The molecule has 6 nitrogen and oxygen atoms in total. The van der Waals surface area contributed by atoms with E-state index in [0.29, 0.717) is 31.1 Å². The van der Waals surface area contributed by atoms with Crippen molar-refractivity contribution >= 4 is 11.6 Å². The van der Waals surface area contributed by atoms with Crippen molar-refractivity contribution in [3.05, 3.63) is 136 Å². The SMILES string of the molecule is COc1ccc(Cc2cc(C34OCC(CO)(CC(OCc5ccccc5)C3OCc3ccccc3)O4)ccc2Cl)cc1.